The first-order chi connectivity index (χ1) is 8.03. The summed E-state index contributed by atoms with van der Waals surface area (Å²) in [5, 5.41) is 3.30. The molecule has 1 aliphatic rings. The largest absolute Gasteiger partial charge is 0.379 e. The zero-order valence-electron chi connectivity index (χ0n) is 9.63. The van der Waals surface area contributed by atoms with Crippen LogP contribution in [0.25, 0.3) is 0 Å². The van der Waals surface area contributed by atoms with Gasteiger partial charge in [-0.3, -0.25) is 4.79 Å². The topological polar surface area (TPSA) is 64.4 Å². The first kappa shape index (κ1) is 12.4. The number of anilines is 1. The Balaban J connectivity index is 2.18. The molecule has 0 bridgehead atoms. The summed E-state index contributed by atoms with van der Waals surface area (Å²) in [4.78, 5) is 12.1. The maximum Gasteiger partial charge on any atom is 0.246 e. The first-order valence-corrected chi connectivity index (χ1v) is 5.84. The smallest absolute Gasteiger partial charge is 0.246 e. The van der Waals surface area contributed by atoms with Gasteiger partial charge in [-0.25, -0.2) is 0 Å². The maximum atomic E-state index is 12.1. The van der Waals surface area contributed by atoms with Gasteiger partial charge in [0.1, 0.15) is 5.54 Å². The average molecular weight is 255 g/mol. The lowest BCUT2D eigenvalue weighted by molar-refractivity contribution is -0.121. The number of hydrogen-bond donors (Lipinski definition) is 2. The molecule has 0 radical (unpaired) electrons. The molecule has 1 unspecified atom stereocenters. The molecule has 1 heterocycles. The number of hydrogen-bond acceptors (Lipinski definition) is 3. The van der Waals surface area contributed by atoms with Crippen molar-refractivity contribution in [1.82, 2.24) is 0 Å². The van der Waals surface area contributed by atoms with E-state index in [1.165, 1.54) is 0 Å². The number of nitrogens with two attached hydrogens (primary N) is 1. The fraction of sp³-hybridized carbons (Fsp3) is 0.417. The number of ether oxygens (including phenoxy) is 1. The van der Waals surface area contributed by atoms with E-state index in [4.69, 9.17) is 22.1 Å². The van der Waals surface area contributed by atoms with Crippen LogP contribution in [-0.2, 0) is 9.53 Å². The highest BCUT2D eigenvalue weighted by Crippen LogP contribution is 2.27. The molecule has 1 amide bonds. The quantitative estimate of drug-likeness (QED) is 0.844. The zero-order chi connectivity index (χ0) is 12.5. The highest BCUT2D eigenvalue weighted by molar-refractivity contribution is 6.34. The van der Waals surface area contributed by atoms with Crippen molar-refractivity contribution in [2.24, 2.45) is 5.73 Å². The van der Waals surface area contributed by atoms with E-state index in [-0.39, 0.29) is 12.5 Å². The molecule has 4 nitrogen and oxygen atoms in total. The molecule has 92 valence electrons. The SMILES string of the molecule is Cc1cccc(Cl)c1NC(=O)C1(N)CCOC1. The fourth-order valence-electron chi connectivity index (χ4n) is 1.79. The minimum Gasteiger partial charge on any atom is -0.379 e. The number of aryl methyl sites for hydroxylation is 1. The second-order valence-electron chi connectivity index (χ2n) is 4.34. The molecule has 1 atom stereocenters. The lowest BCUT2D eigenvalue weighted by Crippen LogP contribution is -2.51. The molecular formula is C12H15ClN2O2. The standard InChI is InChI=1S/C12H15ClN2O2/c1-8-3-2-4-9(13)10(8)15-11(16)12(14)5-6-17-7-12/h2-4H,5-7,14H2,1H3,(H,15,16). The van der Waals surface area contributed by atoms with Crippen molar-refractivity contribution in [3.63, 3.8) is 0 Å². The molecule has 1 aromatic rings. The first-order valence-electron chi connectivity index (χ1n) is 5.46. The van der Waals surface area contributed by atoms with E-state index in [2.05, 4.69) is 5.32 Å². The van der Waals surface area contributed by atoms with E-state index in [9.17, 15) is 4.79 Å². The van der Waals surface area contributed by atoms with E-state index in [1.807, 2.05) is 19.1 Å². The highest BCUT2D eigenvalue weighted by atomic mass is 35.5. The maximum absolute atomic E-state index is 12.1. The van der Waals surface area contributed by atoms with E-state index in [0.717, 1.165) is 5.56 Å². The van der Waals surface area contributed by atoms with Gasteiger partial charge in [-0.15, -0.1) is 0 Å². The number of amides is 1. The number of para-hydroxylation sites is 1. The van der Waals surface area contributed by atoms with Crippen LogP contribution in [0, 0.1) is 6.92 Å². The van der Waals surface area contributed by atoms with Gasteiger partial charge in [0.25, 0.3) is 0 Å². The van der Waals surface area contributed by atoms with Crippen LogP contribution in [0.3, 0.4) is 0 Å². The Kier molecular flexibility index (Phi) is 3.38. The summed E-state index contributed by atoms with van der Waals surface area (Å²) in [6.45, 7) is 2.66. The molecule has 1 saturated heterocycles. The van der Waals surface area contributed by atoms with Gasteiger partial charge >= 0.3 is 0 Å². The lowest BCUT2D eigenvalue weighted by atomic mass is 9.99. The highest BCUT2D eigenvalue weighted by Gasteiger charge is 2.38. The van der Waals surface area contributed by atoms with Crippen molar-refractivity contribution in [3.8, 4) is 0 Å². The Morgan fingerprint density at radius 2 is 2.35 bits per heavy atom. The summed E-state index contributed by atoms with van der Waals surface area (Å²) < 4.78 is 5.16. The van der Waals surface area contributed by atoms with Crippen LogP contribution < -0.4 is 11.1 Å². The molecule has 0 aromatic heterocycles. The lowest BCUT2D eigenvalue weighted by Gasteiger charge is -2.21. The number of rotatable bonds is 2. The van der Waals surface area contributed by atoms with Gasteiger partial charge in [-0.05, 0) is 25.0 Å². The van der Waals surface area contributed by atoms with Crippen molar-refractivity contribution in [2.75, 3.05) is 18.5 Å². The number of carbonyl (C=O) groups excluding carboxylic acids is 1. The minimum atomic E-state index is -0.939. The molecule has 5 heteroatoms. The van der Waals surface area contributed by atoms with Crippen LogP contribution in [0.5, 0.6) is 0 Å². The molecule has 17 heavy (non-hydrogen) atoms. The van der Waals surface area contributed by atoms with Crippen LogP contribution >= 0.6 is 11.6 Å². The Bertz CT molecular complexity index is 422. The van der Waals surface area contributed by atoms with E-state index >= 15 is 0 Å². The summed E-state index contributed by atoms with van der Waals surface area (Å²) in [7, 11) is 0. The second kappa shape index (κ2) is 4.64. The number of halogens is 1. The molecule has 2 rings (SSSR count). The van der Waals surface area contributed by atoms with E-state index in [0.29, 0.717) is 23.7 Å². The number of nitrogens with one attached hydrogen (secondary N) is 1. The third kappa shape index (κ3) is 2.44. The Labute approximate surface area is 105 Å². The summed E-state index contributed by atoms with van der Waals surface area (Å²) in [6, 6.07) is 5.46. The summed E-state index contributed by atoms with van der Waals surface area (Å²) in [5.74, 6) is -0.244. The van der Waals surface area contributed by atoms with Gasteiger partial charge in [0.15, 0.2) is 0 Å². The van der Waals surface area contributed by atoms with Crippen LogP contribution in [0.1, 0.15) is 12.0 Å². The Morgan fingerprint density at radius 3 is 2.94 bits per heavy atom. The molecule has 1 aromatic carbocycles. The zero-order valence-corrected chi connectivity index (χ0v) is 10.4. The van der Waals surface area contributed by atoms with Crippen molar-refractivity contribution >= 4 is 23.2 Å². The fourth-order valence-corrected chi connectivity index (χ4v) is 2.06. The number of carbonyl (C=O) groups is 1. The minimum absolute atomic E-state index is 0.244. The third-order valence-electron chi connectivity index (χ3n) is 2.96. The molecular weight excluding hydrogens is 240 g/mol. The van der Waals surface area contributed by atoms with Crippen LogP contribution in [0.2, 0.25) is 5.02 Å². The molecule has 0 spiro atoms. The van der Waals surface area contributed by atoms with Crippen molar-refractivity contribution in [1.29, 1.82) is 0 Å². The van der Waals surface area contributed by atoms with Crippen molar-refractivity contribution in [2.45, 2.75) is 18.9 Å². The van der Waals surface area contributed by atoms with Crippen molar-refractivity contribution < 1.29 is 9.53 Å². The van der Waals surface area contributed by atoms with Crippen LogP contribution in [-0.4, -0.2) is 24.7 Å². The second-order valence-corrected chi connectivity index (χ2v) is 4.75. The normalized spacial score (nSPS) is 23.7. The van der Waals surface area contributed by atoms with Crippen LogP contribution in [0.15, 0.2) is 18.2 Å². The van der Waals surface area contributed by atoms with Gasteiger partial charge < -0.3 is 15.8 Å². The van der Waals surface area contributed by atoms with Gasteiger partial charge in [-0.1, -0.05) is 23.7 Å². The summed E-state index contributed by atoms with van der Waals surface area (Å²) in [6.07, 6.45) is 0.530. The van der Waals surface area contributed by atoms with E-state index in [1.54, 1.807) is 6.07 Å². The molecule has 3 N–H and O–H groups in total. The predicted octanol–water partition coefficient (Wildman–Crippen LogP) is 1.70. The monoisotopic (exact) mass is 254 g/mol. The average Bonchev–Trinajstić information content (AvgIpc) is 2.72. The molecule has 0 saturated carbocycles. The third-order valence-corrected chi connectivity index (χ3v) is 3.28. The molecule has 1 fully saturated rings. The van der Waals surface area contributed by atoms with E-state index < -0.39 is 5.54 Å². The van der Waals surface area contributed by atoms with Gasteiger partial charge in [0.2, 0.25) is 5.91 Å². The summed E-state index contributed by atoms with van der Waals surface area (Å²) in [5.41, 5.74) is 6.56. The Morgan fingerprint density at radius 1 is 1.59 bits per heavy atom. The van der Waals surface area contributed by atoms with Crippen molar-refractivity contribution in [3.05, 3.63) is 28.8 Å². The number of benzene rings is 1. The van der Waals surface area contributed by atoms with Gasteiger partial charge in [0.05, 0.1) is 17.3 Å². The molecule has 1 aliphatic heterocycles. The molecule has 0 aliphatic carbocycles. The predicted molar refractivity (Wildman–Crippen MR) is 67.2 cm³/mol. The van der Waals surface area contributed by atoms with Crippen LogP contribution in [0.4, 0.5) is 5.69 Å². The Hall–Kier alpha value is -1.10. The summed E-state index contributed by atoms with van der Waals surface area (Å²) >= 11 is 6.04. The van der Waals surface area contributed by atoms with Gasteiger partial charge in [0, 0.05) is 6.61 Å². The van der Waals surface area contributed by atoms with Gasteiger partial charge in [-0.2, -0.15) is 0 Å².